The Hall–Kier alpha value is -1.57. The van der Waals surface area contributed by atoms with E-state index in [0.29, 0.717) is 12.2 Å². The molecule has 2 nitrogen and oxygen atoms in total. The number of ketones is 1. The molecule has 3 rings (SSSR count). The van der Waals surface area contributed by atoms with Gasteiger partial charge in [-0.15, -0.1) is 0 Å². The van der Waals surface area contributed by atoms with Crippen LogP contribution in [0.1, 0.15) is 49.8 Å². The molecule has 0 spiro atoms. The second-order valence-corrected chi connectivity index (χ2v) is 6.28. The van der Waals surface area contributed by atoms with Gasteiger partial charge in [0.25, 0.3) is 0 Å². The predicted molar refractivity (Wildman–Crippen MR) is 80.3 cm³/mol. The average molecular weight is 270 g/mol. The first-order valence-corrected chi connectivity index (χ1v) is 7.39. The molecular weight excluding hydrogens is 248 g/mol. The fourth-order valence-electron chi connectivity index (χ4n) is 4.09. The minimum Gasteiger partial charge on any atom is -0.496 e. The quantitative estimate of drug-likeness (QED) is 0.774. The molecule has 0 unspecified atom stereocenters. The van der Waals surface area contributed by atoms with E-state index in [1.165, 1.54) is 22.3 Å². The fraction of sp³-hybridized carbons (Fsp3) is 0.500. The Balaban J connectivity index is 2.22. The molecule has 0 aromatic heterocycles. The van der Waals surface area contributed by atoms with Crippen LogP contribution in [0, 0.1) is 6.92 Å². The summed E-state index contributed by atoms with van der Waals surface area (Å²) in [7, 11) is 1.73. The largest absolute Gasteiger partial charge is 0.496 e. The van der Waals surface area contributed by atoms with E-state index in [1.54, 1.807) is 7.11 Å². The molecule has 1 atom stereocenters. The third kappa shape index (κ3) is 1.67. The summed E-state index contributed by atoms with van der Waals surface area (Å²) < 4.78 is 5.45. The highest BCUT2D eigenvalue weighted by molar-refractivity contribution is 5.97. The van der Waals surface area contributed by atoms with Crippen LogP contribution < -0.4 is 4.74 Å². The summed E-state index contributed by atoms with van der Waals surface area (Å²) in [4.78, 5) is 12.0. The van der Waals surface area contributed by atoms with Crippen molar-refractivity contribution in [1.82, 2.24) is 0 Å². The number of Topliss-reactive ketones (excluding diaryl/α,β-unsaturated/α-hetero) is 1. The summed E-state index contributed by atoms with van der Waals surface area (Å²) in [5, 5.41) is 0. The van der Waals surface area contributed by atoms with Crippen LogP contribution in [0.3, 0.4) is 0 Å². The first-order chi connectivity index (χ1) is 9.49. The van der Waals surface area contributed by atoms with Crippen molar-refractivity contribution < 1.29 is 9.53 Å². The molecule has 0 aliphatic heterocycles. The molecule has 20 heavy (non-hydrogen) atoms. The monoisotopic (exact) mass is 270 g/mol. The first kappa shape index (κ1) is 13.4. The van der Waals surface area contributed by atoms with Crippen LogP contribution in [0.15, 0.2) is 23.3 Å². The molecule has 2 aliphatic carbocycles. The molecule has 0 bridgehead atoms. The van der Waals surface area contributed by atoms with Gasteiger partial charge < -0.3 is 4.74 Å². The fourth-order valence-corrected chi connectivity index (χ4v) is 4.09. The van der Waals surface area contributed by atoms with Crippen molar-refractivity contribution >= 4 is 5.78 Å². The van der Waals surface area contributed by atoms with Crippen molar-refractivity contribution in [2.45, 2.75) is 51.9 Å². The number of ether oxygens (including phenoxy) is 1. The maximum absolute atomic E-state index is 12.0. The molecule has 2 heteroatoms. The van der Waals surface area contributed by atoms with Crippen LogP contribution in [-0.2, 0) is 16.6 Å². The summed E-state index contributed by atoms with van der Waals surface area (Å²) in [6, 6.07) is 4.29. The lowest BCUT2D eigenvalue weighted by Crippen LogP contribution is -2.36. The van der Waals surface area contributed by atoms with Crippen LogP contribution >= 0.6 is 0 Å². The van der Waals surface area contributed by atoms with Crippen LogP contribution in [-0.4, -0.2) is 12.9 Å². The van der Waals surface area contributed by atoms with Gasteiger partial charge in [-0.1, -0.05) is 18.6 Å². The van der Waals surface area contributed by atoms with Gasteiger partial charge in [-0.25, -0.2) is 0 Å². The molecule has 0 saturated heterocycles. The number of hydrogen-bond donors (Lipinski definition) is 0. The van der Waals surface area contributed by atoms with Crippen molar-refractivity contribution in [2.75, 3.05) is 7.11 Å². The number of benzene rings is 1. The second kappa shape index (κ2) is 4.47. The highest BCUT2D eigenvalue weighted by Crippen LogP contribution is 2.49. The van der Waals surface area contributed by atoms with Gasteiger partial charge in [0.15, 0.2) is 5.78 Å². The number of carbonyl (C=O) groups excluding carboxylic acids is 1. The minimum absolute atomic E-state index is 0.0443. The molecule has 0 heterocycles. The van der Waals surface area contributed by atoms with E-state index in [2.05, 4.69) is 26.0 Å². The van der Waals surface area contributed by atoms with Crippen LogP contribution in [0.25, 0.3) is 0 Å². The van der Waals surface area contributed by atoms with Crippen molar-refractivity contribution in [3.8, 4) is 5.75 Å². The van der Waals surface area contributed by atoms with Crippen molar-refractivity contribution in [3.05, 3.63) is 40.0 Å². The Bertz CT molecular complexity index is 625. The van der Waals surface area contributed by atoms with Crippen LogP contribution in [0.4, 0.5) is 0 Å². The zero-order chi connectivity index (χ0) is 14.5. The van der Waals surface area contributed by atoms with Crippen molar-refractivity contribution in [3.63, 3.8) is 0 Å². The van der Waals surface area contributed by atoms with Gasteiger partial charge in [-0.05, 0) is 61.4 Å². The Morgan fingerprint density at radius 2 is 1.90 bits per heavy atom. The zero-order valence-electron chi connectivity index (χ0n) is 12.8. The van der Waals surface area contributed by atoms with Gasteiger partial charge in [-0.3, -0.25) is 4.79 Å². The second-order valence-electron chi connectivity index (χ2n) is 6.28. The summed E-state index contributed by atoms with van der Waals surface area (Å²) in [6.45, 7) is 6.47. The molecule has 0 amide bonds. The van der Waals surface area contributed by atoms with Gasteiger partial charge >= 0.3 is 0 Å². The summed E-state index contributed by atoms with van der Waals surface area (Å²) in [5.41, 5.74) is 6.52. The molecule has 106 valence electrons. The highest BCUT2D eigenvalue weighted by atomic mass is 16.5. The van der Waals surface area contributed by atoms with Gasteiger partial charge in [0, 0.05) is 11.8 Å². The zero-order valence-corrected chi connectivity index (χ0v) is 12.8. The lowest BCUT2D eigenvalue weighted by Gasteiger charge is -2.43. The third-order valence-electron chi connectivity index (χ3n) is 5.38. The summed E-state index contributed by atoms with van der Waals surface area (Å²) in [5.74, 6) is 1.31. The number of fused-ring (bicyclic) bond motifs is 3. The Morgan fingerprint density at radius 1 is 1.15 bits per heavy atom. The minimum atomic E-state index is 0.0443. The smallest absolute Gasteiger partial charge is 0.158 e. The molecule has 0 N–H and O–H groups in total. The SMILES string of the molecule is COc1ccc2c(c1C)CCC1=C(C)C(=O)CC[C@]12C. The molecule has 1 aromatic carbocycles. The molecule has 0 fully saturated rings. The summed E-state index contributed by atoms with van der Waals surface area (Å²) in [6.07, 6.45) is 3.65. The van der Waals surface area contributed by atoms with E-state index in [4.69, 9.17) is 4.74 Å². The van der Waals surface area contributed by atoms with Crippen molar-refractivity contribution in [1.29, 1.82) is 0 Å². The van der Waals surface area contributed by atoms with Gasteiger partial charge in [-0.2, -0.15) is 0 Å². The number of rotatable bonds is 1. The van der Waals surface area contributed by atoms with E-state index in [1.807, 2.05) is 6.92 Å². The normalized spacial score (nSPS) is 25.3. The first-order valence-electron chi connectivity index (χ1n) is 7.39. The van der Waals surface area contributed by atoms with E-state index in [9.17, 15) is 4.79 Å². The van der Waals surface area contributed by atoms with Gasteiger partial charge in [0.1, 0.15) is 5.75 Å². The summed E-state index contributed by atoms with van der Waals surface area (Å²) >= 11 is 0. The molecule has 0 saturated carbocycles. The molecule has 2 aliphatic rings. The Kier molecular flexibility index (Phi) is 3.00. The number of methoxy groups -OCH3 is 1. The Morgan fingerprint density at radius 3 is 2.60 bits per heavy atom. The van der Waals surface area contributed by atoms with Gasteiger partial charge in [0.2, 0.25) is 0 Å². The maximum Gasteiger partial charge on any atom is 0.158 e. The molecule has 0 radical (unpaired) electrons. The third-order valence-corrected chi connectivity index (χ3v) is 5.38. The molecule has 1 aromatic rings. The predicted octanol–water partition coefficient (Wildman–Crippen LogP) is 3.89. The number of allylic oxidation sites excluding steroid dienone is 2. The van der Waals surface area contributed by atoms with Crippen LogP contribution in [0.2, 0.25) is 0 Å². The van der Waals surface area contributed by atoms with E-state index < -0.39 is 0 Å². The number of hydrogen-bond acceptors (Lipinski definition) is 2. The van der Waals surface area contributed by atoms with E-state index >= 15 is 0 Å². The number of carbonyl (C=O) groups is 1. The lowest BCUT2D eigenvalue weighted by molar-refractivity contribution is -0.116. The van der Waals surface area contributed by atoms with E-state index in [0.717, 1.165) is 30.6 Å². The lowest BCUT2D eigenvalue weighted by atomic mass is 9.61. The maximum atomic E-state index is 12.0. The standard InChI is InChI=1S/C18H22O2/c1-11-13-5-6-14-12(2)16(19)9-10-18(14,3)15(13)7-8-17(11)20-4/h7-8H,5-6,9-10H2,1-4H3/t18-/m1/s1. The Labute approximate surface area is 120 Å². The van der Waals surface area contributed by atoms with E-state index in [-0.39, 0.29) is 5.41 Å². The molecular formula is C18H22O2. The topological polar surface area (TPSA) is 26.3 Å². The van der Waals surface area contributed by atoms with Crippen LogP contribution in [0.5, 0.6) is 5.75 Å². The highest BCUT2D eigenvalue weighted by Gasteiger charge is 2.41. The van der Waals surface area contributed by atoms with Gasteiger partial charge in [0.05, 0.1) is 7.11 Å². The average Bonchev–Trinajstić information content (AvgIpc) is 2.44. The van der Waals surface area contributed by atoms with Crippen molar-refractivity contribution in [2.24, 2.45) is 0 Å².